The number of rotatable bonds is 3. The first-order valence-corrected chi connectivity index (χ1v) is 5.35. The summed E-state index contributed by atoms with van der Waals surface area (Å²) in [5, 5.41) is 0.0624. The van der Waals surface area contributed by atoms with Gasteiger partial charge in [-0.15, -0.1) is 0 Å². The molecule has 1 aliphatic carbocycles. The van der Waals surface area contributed by atoms with Crippen molar-refractivity contribution in [2.75, 3.05) is 0 Å². The molecule has 1 saturated carbocycles. The van der Waals surface area contributed by atoms with Crippen LogP contribution in [0.25, 0.3) is 0 Å². The van der Waals surface area contributed by atoms with Crippen LogP contribution in [-0.2, 0) is 0 Å². The Balaban J connectivity index is 2.24. The van der Waals surface area contributed by atoms with Crippen molar-refractivity contribution in [2.45, 2.75) is 25.3 Å². The van der Waals surface area contributed by atoms with Crippen molar-refractivity contribution in [3.05, 3.63) is 34.4 Å². The van der Waals surface area contributed by atoms with Crippen molar-refractivity contribution in [3.63, 3.8) is 0 Å². The summed E-state index contributed by atoms with van der Waals surface area (Å²) in [7, 11) is 0. The summed E-state index contributed by atoms with van der Waals surface area (Å²) >= 11 is 5.52. The van der Waals surface area contributed by atoms with Crippen LogP contribution in [0.5, 0.6) is 0 Å². The lowest BCUT2D eigenvalue weighted by molar-refractivity contribution is 0.498. The fourth-order valence-electron chi connectivity index (χ4n) is 1.74. The Kier molecular flexibility index (Phi) is 2.94. The Labute approximate surface area is 92.2 Å². The monoisotopic (exact) mass is 231 g/mol. The lowest BCUT2D eigenvalue weighted by Crippen LogP contribution is -2.15. The molecule has 1 atom stereocenters. The molecular formula is C11H12ClF2N. The number of benzene rings is 1. The van der Waals surface area contributed by atoms with E-state index in [0.29, 0.717) is 12.3 Å². The minimum absolute atomic E-state index is 0.0358. The van der Waals surface area contributed by atoms with E-state index in [-0.39, 0.29) is 10.6 Å². The van der Waals surface area contributed by atoms with Crippen LogP contribution in [0.3, 0.4) is 0 Å². The van der Waals surface area contributed by atoms with Gasteiger partial charge in [-0.25, -0.2) is 8.78 Å². The highest BCUT2D eigenvalue weighted by Gasteiger charge is 2.27. The maximum atomic E-state index is 13.4. The highest BCUT2D eigenvalue weighted by molar-refractivity contribution is 6.30. The second-order valence-electron chi connectivity index (χ2n) is 4.07. The molecule has 0 bridgehead atoms. The molecule has 0 unspecified atom stereocenters. The molecule has 2 N–H and O–H groups in total. The molecule has 1 fully saturated rings. The van der Waals surface area contributed by atoms with E-state index in [4.69, 9.17) is 17.3 Å². The molecule has 15 heavy (non-hydrogen) atoms. The maximum absolute atomic E-state index is 13.4. The van der Waals surface area contributed by atoms with Crippen LogP contribution < -0.4 is 5.73 Å². The van der Waals surface area contributed by atoms with Crippen LogP contribution >= 0.6 is 11.6 Å². The van der Waals surface area contributed by atoms with Gasteiger partial charge in [0.15, 0.2) is 0 Å². The van der Waals surface area contributed by atoms with Crippen LogP contribution in [-0.4, -0.2) is 0 Å². The minimum Gasteiger partial charge on any atom is -0.324 e. The fraction of sp³-hybridized carbons (Fsp3) is 0.455. The van der Waals surface area contributed by atoms with Crippen LogP contribution in [0.2, 0.25) is 5.02 Å². The summed E-state index contributed by atoms with van der Waals surface area (Å²) in [5.74, 6) is -0.754. The van der Waals surface area contributed by atoms with Gasteiger partial charge in [0.2, 0.25) is 0 Å². The Bertz CT molecular complexity index is 354. The highest BCUT2D eigenvalue weighted by Crippen LogP contribution is 2.38. The van der Waals surface area contributed by atoms with Gasteiger partial charge in [-0.2, -0.15) is 0 Å². The molecule has 0 aromatic heterocycles. The summed E-state index contributed by atoms with van der Waals surface area (Å²) in [4.78, 5) is 0. The average molecular weight is 232 g/mol. The van der Waals surface area contributed by atoms with E-state index in [1.807, 2.05) is 0 Å². The Hall–Kier alpha value is -0.670. The van der Waals surface area contributed by atoms with Crippen molar-refractivity contribution in [1.82, 2.24) is 0 Å². The zero-order valence-electron chi connectivity index (χ0n) is 8.14. The Morgan fingerprint density at radius 3 is 2.33 bits per heavy atom. The molecule has 82 valence electrons. The fourth-order valence-corrected chi connectivity index (χ4v) is 1.93. The number of hydrogen-bond acceptors (Lipinski definition) is 1. The average Bonchev–Trinajstić information content (AvgIpc) is 2.85. The van der Waals surface area contributed by atoms with E-state index in [1.54, 1.807) is 0 Å². The van der Waals surface area contributed by atoms with Crippen LogP contribution in [0.15, 0.2) is 12.1 Å². The topological polar surface area (TPSA) is 26.0 Å². The molecule has 1 aromatic carbocycles. The molecule has 0 amide bonds. The van der Waals surface area contributed by atoms with Gasteiger partial charge in [0, 0.05) is 16.6 Å². The molecule has 0 saturated heterocycles. The molecule has 1 aromatic rings. The molecule has 0 radical (unpaired) electrons. The largest absolute Gasteiger partial charge is 0.324 e. The van der Waals surface area contributed by atoms with E-state index in [2.05, 4.69) is 0 Å². The summed E-state index contributed by atoms with van der Waals surface area (Å²) in [6.45, 7) is 0. The zero-order valence-corrected chi connectivity index (χ0v) is 8.90. The predicted octanol–water partition coefficient (Wildman–Crippen LogP) is 3.42. The third-order valence-corrected chi connectivity index (χ3v) is 2.92. The third kappa shape index (κ3) is 2.47. The standard InChI is InChI=1S/C11H12ClF2N/c12-7-4-8(13)11(9(14)5-7)10(15)3-6-1-2-6/h4-6,10H,1-3,15H2/t10-/m0/s1. The lowest BCUT2D eigenvalue weighted by atomic mass is 10.0. The second-order valence-corrected chi connectivity index (χ2v) is 4.51. The van der Waals surface area contributed by atoms with E-state index in [0.717, 1.165) is 25.0 Å². The summed E-state index contributed by atoms with van der Waals surface area (Å²) in [6.07, 6.45) is 2.88. The first-order chi connectivity index (χ1) is 7.08. The molecule has 0 aliphatic heterocycles. The minimum atomic E-state index is -0.645. The van der Waals surface area contributed by atoms with Gasteiger partial charge in [0.05, 0.1) is 0 Å². The van der Waals surface area contributed by atoms with Crippen molar-refractivity contribution in [1.29, 1.82) is 0 Å². The zero-order chi connectivity index (χ0) is 11.0. The first-order valence-electron chi connectivity index (χ1n) is 4.98. The van der Waals surface area contributed by atoms with Crippen LogP contribution in [0.4, 0.5) is 8.78 Å². The molecule has 0 heterocycles. The Morgan fingerprint density at radius 1 is 1.33 bits per heavy atom. The van der Waals surface area contributed by atoms with Crippen molar-refractivity contribution >= 4 is 11.6 Å². The molecular weight excluding hydrogens is 220 g/mol. The van der Waals surface area contributed by atoms with Crippen LogP contribution in [0.1, 0.15) is 30.9 Å². The maximum Gasteiger partial charge on any atom is 0.132 e. The SMILES string of the molecule is N[C@@H](CC1CC1)c1c(F)cc(Cl)cc1F. The highest BCUT2D eigenvalue weighted by atomic mass is 35.5. The van der Waals surface area contributed by atoms with Gasteiger partial charge < -0.3 is 5.73 Å². The summed E-state index contributed by atoms with van der Waals surface area (Å²) < 4.78 is 26.9. The second kappa shape index (κ2) is 4.06. The quantitative estimate of drug-likeness (QED) is 0.848. The predicted molar refractivity (Wildman–Crippen MR) is 55.6 cm³/mol. The Morgan fingerprint density at radius 2 is 1.87 bits per heavy atom. The van der Waals surface area contributed by atoms with Gasteiger partial charge in [0.25, 0.3) is 0 Å². The lowest BCUT2D eigenvalue weighted by Gasteiger charge is -2.13. The van der Waals surface area contributed by atoms with Crippen LogP contribution in [0, 0.1) is 17.6 Å². The third-order valence-electron chi connectivity index (χ3n) is 2.70. The van der Waals surface area contributed by atoms with Gasteiger partial charge in [-0.1, -0.05) is 24.4 Å². The van der Waals surface area contributed by atoms with E-state index in [9.17, 15) is 8.78 Å². The van der Waals surface area contributed by atoms with E-state index < -0.39 is 17.7 Å². The van der Waals surface area contributed by atoms with Crippen molar-refractivity contribution in [3.8, 4) is 0 Å². The molecule has 1 nitrogen and oxygen atoms in total. The first kappa shape index (κ1) is 10.8. The molecule has 4 heteroatoms. The smallest absolute Gasteiger partial charge is 0.132 e. The van der Waals surface area contributed by atoms with Gasteiger partial charge >= 0.3 is 0 Å². The van der Waals surface area contributed by atoms with Gasteiger partial charge in [-0.3, -0.25) is 0 Å². The van der Waals surface area contributed by atoms with E-state index >= 15 is 0 Å². The summed E-state index contributed by atoms with van der Waals surface area (Å²) in [6, 6.07) is 1.65. The van der Waals surface area contributed by atoms with Crippen molar-refractivity contribution < 1.29 is 8.78 Å². The van der Waals surface area contributed by atoms with Crippen molar-refractivity contribution in [2.24, 2.45) is 11.7 Å². The number of nitrogens with two attached hydrogens (primary N) is 1. The number of halogens is 3. The number of hydrogen-bond donors (Lipinski definition) is 1. The molecule has 1 aliphatic rings. The summed E-state index contributed by atoms with van der Waals surface area (Å²) in [5.41, 5.74) is 5.73. The molecule has 2 rings (SSSR count). The van der Waals surface area contributed by atoms with Gasteiger partial charge in [-0.05, 0) is 24.5 Å². The normalized spacial score (nSPS) is 17.9. The van der Waals surface area contributed by atoms with Gasteiger partial charge in [0.1, 0.15) is 11.6 Å². The molecule has 0 spiro atoms. The van der Waals surface area contributed by atoms with E-state index in [1.165, 1.54) is 0 Å².